The Morgan fingerprint density at radius 2 is 1.84 bits per heavy atom. The number of benzene rings is 1. The summed E-state index contributed by atoms with van der Waals surface area (Å²) in [6.07, 6.45) is 1.68. The van der Waals surface area contributed by atoms with Gasteiger partial charge in [0.15, 0.2) is 0 Å². The number of halogens is 1. The first-order chi connectivity index (χ1) is 14.6. The fourth-order valence-corrected chi connectivity index (χ4v) is 4.84. The number of rotatable bonds is 8. The summed E-state index contributed by atoms with van der Waals surface area (Å²) in [5.74, 6) is -0.457. The number of nitrogens with zero attached hydrogens (tertiary/aromatic N) is 2. The van der Waals surface area contributed by atoms with Gasteiger partial charge in [0, 0.05) is 43.5 Å². The Morgan fingerprint density at radius 1 is 1.16 bits per heavy atom. The minimum atomic E-state index is -1.23. The van der Waals surface area contributed by atoms with Crippen molar-refractivity contribution in [2.75, 3.05) is 6.61 Å². The molecule has 0 aliphatic heterocycles. The van der Waals surface area contributed by atoms with E-state index in [1.54, 1.807) is 17.8 Å². The Bertz CT molecular complexity index is 1150. The summed E-state index contributed by atoms with van der Waals surface area (Å²) >= 11 is 3.54. The largest absolute Gasteiger partial charge is 0.457 e. The molecule has 0 bridgehead atoms. The molecule has 2 aromatic heterocycles. The zero-order valence-electron chi connectivity index (χ0n) is 18.7. The normalized spacial score (nSPS) is 11.8. The Hall–Kier alpha value is -2.16. The van der Waals surface area contributed by atoms with Crippen molar-refractivity contribution >= 4 is 40.9 Å². The highest BCUT2D eigenvalue weighted by Crippen LogP contribution is 2.31. The maximum atomic E-state index is 13.1. The molecular weight excluding hydrogens is 476 g/mol. The third kappa shape index (κ3) is 5.37. The van der Waals surface area contributed by atoms with Crippen LogP contribution in [0.4, 0.5) is 0 Å². The zero-order chi connectivity index (χ0) is 22.8. The van der Waals surface area contributed by atoms with Crippen molar-refractivity contribution in [3.63, 3.8) is 0 Å². The highest BCUT2D eigenvalue weighted by molar-refractivity contribution is 9.10. The van der Waals surface area contributed by atoms with Gasteiger partial charge in [-0.25, -0.2) is 4.79 Å². The van der Waals surface area contributed by atoms with E-state index in [1.165, 1.54) is 4.57 Å². The van der Waals surface area contributed by atoms with Crippen molar-refractivity contribution in [3.8, 4) is 0 Å². The molecule has 0 unspecified atom stereocenters. The molecule has 0 saturated heterocycles. The Morgan fingerprint density at radius 3 is 2.48 bits per heavy atom. The van der Waals surface area contributed by atoms with E-state index < -0.39 is 14.0 Å². The van der Waals surface area contributed by atoms with Crippen molar-refractivity contribution in [2.24, 2.45) is 7.05 Å². The number of esters is 1. The standard InChI is InChI=1S/C23H29BrN2O4Si/c1-16-19(23(28)30-14-17-9-7-6-8-10-17)20-18(24)13-25(2)22(27)21(20)26(16)15-29-11-12-31(3,4)5/h6-10,13H,11-12,14-15H2,1-5H3. The van der Waals surface area contributed by atoms with E-state index >= 15 is 0 Å². The number of ether oxygens (including phenoxy) is 2. The van der Waals surface area contributed by atoms with Crippen molar-refractivity contribution in [2.45, 2.75) is 45.9 Å². The minimum Gasteiger partial charge on any atom is -0.457 e. The average molecular weight is 505 g/mol. The fourth-order valence-electron chi connectivity index (χ4n) is 3.39. The minimum absolute atomic E-state index is 0.168. The highest BCUT2D eigenvalue weighted by atomic mass is 79.9. The first-order valence-corrected chi connectivity index (χ1v) is 14.8. The molecule has 0 radical (unpaired) electrons. The summed E-state index contributed by atoms with van der Waals surface area (Å²) < 4.78 is 15.5. The quantitative estimate of drug-likeness (QED) is 0.243. The van der Waals surface area contributed by atoms with Gasteiger partial charge in [0.05, 0.1) is 5.56 Å². The predicted octanol–water partition coefficient (Wildman–Crippen LogP) is 5.08. The molecule has 6 nitrogen and oxygen atoms in total. The van der Waals surface area contributed by atoms with E-state index in [4.69, 9.17) is 9.47 Å². The monoisotopic (exact) mass is 504 g/mol. The summed E-state index contributed by atoms with van der Waals surface area (Å²) in [6.45, 7) is 9.70. The number of aryl methyl sites for hydroxylation is 1. The van der Waals surface area contributed by atoms with E-state index in [2.05, 4.69) is 35.6 Å². The molecule has 0 saturated carbocycles. The first kappa shape index (κ1) is 23.5. The van der Waals surface area contributed by atoms with Gasteiger partial charge in [-0.2, -0.15) is 0 Å². The molecule has 1 aromatic carbocycles. The van der Waals surface area contributed by atoms with Crippen LogP contribution in [0.1, 0.15) is 21.6 Å². The van der Waals surface area contributed by atoms with Crippen molar-refractivity contribution < 1.29 is 14.3 Å². The summed E-state index contributed by atoms with van der Waals surface area (Å²) in [5.41, 5.74) is 2.21. The van der Waals surface area contributed by atoms with E-state index in [-0.39, 0.29) is 18.9 Å². The van der Waals surface area contributed by atoms with E-state index in [9.17, 15) is 9.59 Å². The summed E-state index contributed by atoms with van der Waals surface area (Å²) in [6, 6.07) is 10.6. The third-order valence-corrected chi connectivity index (χ3v) is 7.53. The smallest absolute Gasteiger partial charge is 0.340 e. The molecule has 166 valence electrons. The van der Waals surface area contributed by atoms with Gasteiger partial charge in [-0.3, -0.25) is 4.79 Å². The average Bonchev–Trinajstić information content (AvgIpc) is 3.01. The lowest BCUT2D eigenvalue weighted by atomic mass is 10.1. The van der Waals surface area contributed by atoms with Crippen LogP contribution in [0.5, 0.6) is 0 Å². The molecule has 0 atom stereocenters. The van der Waals surface area contributed by atoms with Gasteiger partial charge in [-0.1, -0.05) is 50.0 Å². The molecule has 8 heteroatoms. The molecule has 2 heterocycles. The van der Waals surface area contributed by atoms with Crippen LogP contribution in [0.3, 0.4) is 0 Å². The van der Waals surface area contributed by atoms with Gasteiger partial charge in [0.1, 0.15) is 18.9 Å². The lowest BCUT2D eigenvalue weighted by Gasteiger charge is -2.16. The SMILES string of the molecule is Cc1c(C(=O)OCc2ccccc2)c2c(Br)cn(C)c(=O)c2n1COCC[Si](C)(C)C. The lowest BCUT2D eigenvalue weighted by Crippen LogP contribution is -2.23. The van der Waals surface area contributed by atoms with Gasteiger partial charge >= 0.3 is 5.97 Å². The number of hydrogen-bond donors (Lipinski definition) is 0. The Kier molecular flexibility index (Phi) is 7.23. The second kappa shape index (κ2) is 9.54. The van der Waals surface area contributed by atoms with Crippen LogP contribution >= 0.6 is 15.9 Å². The number of aromatic nitrogens is 2. The van der Waals surface area contributed by atoms with Crippen LogP contribution in [0, 0.1) is 6.92 Å². The maximum absolute atomic E-state index is 13.1. The fraction of sp³-hybridized carbons (Fsp3) is 0.391. The second-order valence-corrected chi connectivity index (χ2v) is 15.4. The van der Waals surface area contributed by atoms with E-state index in [0.29, 0.717) is 33.2 Å². The van der Waals surface area contributed by atoms with Crippen LogP contribution in [0.15, 0.2) is 45.8 Å². The number of hydrogen-bond acceptors (Lipinski definition) is 4. The van der Waals surface area contributed by atoms with Crippen LogP contribution in [0.2, 0.25) is 25.7 Å². The van der Waals surface area contributed by atoms with Crippen molar-refractivity contribution in [1.29, 1.82) is 0 Å². The summed E-state index contributed by atoms with van der Waals surface area (Å²) in [5, 5.41) is 0.562. The van der Waals surface area contributed by atoms with E-state index in [1.807, 2.05) is 37.3 Å². The zero-order valence-corrected chi connectivity index (χ0v) is 21.3. The molecule has 3 rings (SSSR count). The topological polar surface area (TPSA) is 62.5 Å². The van der Waals surface area contributed by atoms with Gasteiger partial charge < -0.3 is 18.6 Å². The number of carbonyl (C=O) groups excluding carboxylic acids is 1. The Labute approximate surface area is 191 Å². The number of pyridine rings is 1. The molecule has 31 heavy (non-hydrogen) atoms. The molecule has 0 N–H and O–H groups in total. The van der Waals surface area contributed by atoms with Crippen LogP contribution in [0.25, 0.3) is 10.9 Å². The van der Waals surface area contributed by atoms with Crippen LogP contribution < -0.4 is 5.56 Å². The lowest BCUT2D eigenvalue weighted by molar-refractivity contribution is 0.0472. The van der Waals surface area contributed by atoms with Gasteiger partial charge in [0.2, 0.25) is 0 Å². The molecule has 0 aliphatic rings. The summed E-state index contributed by atoms with van der Waals surface area (Å²) in [4.78, 5) is 26.1. The third-order valence-electron chi connectivity index (χ3n) is 5.23. The van der Waals surface area contributed by atoms with Crippen LogP contribution in [-0.2, 0) is 29.9 Å². The highest BCUT2D eigenvalue weighted by Gasteiger charge is 2.26. The van der Waals surface area contributed by atoms with Crippen LogP contribution in [-0.4, -0.2) is 29.8 Å². The number of carbonyl (C=O) groups is 1. The van der Waals surface area contributed by atoms with E-state index in [0.717, 1.165) is 11.6 Å². The first-order valence-electron chi connectivity index (χ1n) is 10.3. The molecule has 0 amide bonds. The second-order valence-electron chi connectivity index (χ2n) is 8.91. The molecule has 0 aliphatic carbocycles. The van der Waals surface area contributed by atoms with Gasteiger partial charge in [0.25, 0.3) is 5.56 Å². The number of fused-ring (bicyclic) bond motifs is 1. The molecule has 0 fully saturated rings. The van der Waals surface area contributed by atoms with Crippen molar-refractivity contribution in [3.05, 3.63) is 68.2 Å². The summed E-state index contributed by atoms with van der Waals surface area (Å²) in [7, 11) is 0.464. The predicted molar refractivity (Wildman–Crippen MR) is 129 cm³/mol. The van der Waals surface area contributed by atoms with Gasteiger partial charge in [-0.05, 0) is 34.5 Å². The molecule has 0 spiro atoms. The molecule has 3 aromatic rings. The van der Waals surface area contributed by atoms with Crippen molar-refractivity contribution in [1.82, 2.24) is 9.13 Å². The Balaban J connectivity index is 1.97. The molecular formula is C23H29BrN2O4Si. The van der Waals surface area contributed by atoms with Gasteiger partial charge in [-0.15, -0.1) is 0 Å². The maximum Gasteiger partial charge on any atom is 0.340 e.